The molecule has 0 amide bonds. The molecule has 4 aromatic rings. The van der Waals surface area contributed by atoms with Crippen molar-refractivity contribution in [2.75, 3.05) is 4.90 Å². The molecule has 6 rings (SSSR count). The average Bonchev–Trinajstić information content (AvgIpc) is 3.51. The maximum atomic E-state index is 12.7. The van der Waals surface area contributed by atoms with E-state index in [0.29, 0.717) is 16.7 Å². The van der Waals surface area contributed by atoms with Crippen molar-refractivity contribution in [3.8, 4) is 0 Å². The van der Waals surface area contributed by atoms with Crippen LogP contribution in [0.15, 0.2) is 76.1 Å². The van der Waals surface area contributed by atoms with Gasteiger partial charge in [0.25, 0.3) is 0 Å². The summed E-state index contributed by atoms with van der Waals surface area (Å²) in [6.07, 6.45) is 1.83. The van der Waals surface area contributed by atoms with Gasteiger partial charge in [0.05, 0.1) is 0 Å². The van der Waals surface area contributed by atoms with Gasteiger partial charge < -0.3 is 0 Å². The van der Waals surface area contributed by atoms with Crippen molar-refractivity contribution >= 4 is 62.6 Å². The molecule has 2 aromatic carbocycles. The number of ketones is 2. The van der Waals surface area contributed by atoms with Crippen LogP contribution in [-0.4, -0.2) is 40.6 Å². The number of nitrogens with zero attached hydrogens (tertiary/aromatic N) is 1. The van der Waals surface area contributed by atoms with E-state index in [9.17, 15) is 9.59 Å². The Kier molecular flexibility index (Phi) is 4.47. The topological polar surface area (TPSA) is 37.4 Å². The first-order valence-electron chi connectivity index (χ1n) is 10.4. The first-order valence-corrected chi connectivity index (χ1v) is 14.1. The van der Waals surface area contributed by atoms with Gasteiger partial charge in [-0.05, 0) is 0 Å². The molecule has 1 aliphatic carbocycles. The van der Waals surface area contributed by atoms with Crippen LogP contribution in [0.25, 0.3) is 6.08 Å². The van der Waals surface area contributed by atoms with Gasteiger partial charge in [0.1, 0.15) is 0 Å². The van der Waals surface area contributed by atoms with E-state index in [2.05, 4.69) is 79.4 Å². The van der Waals surface area contributed by atoms with Gasteiger partial charge in [0.15, 0.2) is 0 Å². The minimum atomic E-state index is -0.110. The van der Waals surface area contributed by atoms with Crippen LogP contribution in [0.1, 0.15) is 50.1 Å². The summed E-state index contributed by atoms with van der Waals surface area (Å²) < 4.78 is 2.26. The molecule has 0 bridgehead atoms. The minimum absolute atomic E-state index is 0.0142. The molecule has 3 heterocycles. The summed E-state index contributed by atoms with van der Waals surface area (Å²) in [7, 11) is 0. The molecular formula is C27H19NO2Se2. The number of para-hydroxylation sites is 2. The Labute approximate surface area is 198 Å². The summed E-state index contributed by atoms with van der Waals surface area (Å²) >= 11 is 0.120. The number of Topliss-reactive ketones (excluding diaryl/α,β-unsaturated/α-hetero) is 2. The fraction of sp³-hybridized carbons (Fsp3) is 0.111. The van der Waals surface area contributed by atoms with Crippen LogP contribution >= 0.6 is 0 Å². The number of rotatable bonds is 2. The van der Waals surface area contributed by atoms with Crippen LogP contribution in [0, 0.1) is 0 Å². The molecule has 0 N–H and O–H groups in total. The van der Waals surface area contributed by atoms with Gasteiger partial charge in [-0.1, -0.05) is 0 Å². The molecule has 0 unspecified atom stereocenters. The van der Waals surface area contributed by atoms with Crippen molar-refractivity contribution in [3.63, 3.8) is 0 Å². The van der Waals surface area contributed by atoms with E-state index in [1.165, 1.54) is 27.1 Å². The Balaban J connectivity index is 1.46. The molecule has 0 fully saturated rings. The third-order valence-corrected chi connectivity index (χ3v) is 10.1. The first kappa shape index (κ1) is 20.0. The molecule has 3 nitrogen and oxygen atoms in total. The van der Waals surface area contributed by atoms with Gasteiger partial charge in [-0.25, -0.2) is 0 Å². The standard InChI is InChI=1S/C27H19NO2Se2/c1-27(2)20-7-3-5-9-22(20)28(23-10-6-4-8-21(23)27)24-12-11-16(32-24)13-17-25(29)18-14-31-15-19(18)26(17)30/h3-15H,1-2H3. The number of hydrogen-bond donors (Lipinski definition) is 0. The molecule has 1 aliphatic heterocycles. The molecule has 2 aromatic heterocycles. The SMILES string of the molecule is CC1(C)c2ccccc2N(c2ccc(C=C3C(=O)c4c[se]cc4C3=O)[se]2)c2ccccc21. The predicted octanol–water partition coefficient (Wildman–Crippen LogP) is 5.37. The van der Waals surface area contributed by atoms with Gasteiger partial charge in [0, 0.05) is 0 Å². The van der Waals surface area contributed by atoms with Gasteiger partial charge >= 0.3 is 199 Å². The van der Waals surface area contributed by atoms with Gasteiger partial charge in [0.2, 0.25) is 0 Å². The van der Waals surface area contributed by atoms with Crippen molar-refractivity contribution < 1.29 is 9.59 Å². The van der Waals surface area contributed by atoms with Crippen molar-refractivity contribution in [1.29, 1.82) is 0 Å². The molecular weight excluding hydrogens is 528 g/mol. The van der Waals surface area contributed by atoms with E-state index in [1.54, 1.807) is 0 Å². The van der Waals surface area contributed by atoms with Crippen molar-refractivity contribution in [2.45, 2.75) is 19.3 Å². The molecule has 0 radical (unpaired) electrons. The van der Waals surface area contributed by atoms with Crippen LogP contribution in [0.3, 0.4) is 0 Å². The summed E-state index contributed by atoms with van der Waals surface area (Å²) in [4.78, 5) is 31.7. The van der Waals surface area contributed by atoms with Crippen LogP contribution in [0.2, 0.25) is 0 Å². The fourth-order valence-corrected chi connectivity index (χ4v) is 8.51. The Morgan fingerprint density at radius 2 is 1.34 bits per heavy atom. The van der Waals surface area contributed by atoms with E-state index in [1.807, 2.05) is 16.0 Å². The number of allylic oxidation sites excluding steroid dienone is 1. The van der Waals surface area contributed by atoms with Crippen molar-refractivity contribution in [1.82, 2.24) is 0 Å². The second kappa shape index (κ2) is 7.16. The van der Waals surface area contributed by atoms with Gasteiger partial charge in [-0.15, -0.1) is 0 Å². The van der Waals surface area contributed by atoms with Crippen molar-refractivity contribution in [3.05, 3.63) is 103 Å². The molecule has 32 heavy (non-hydrogen) atoms. The molecule has 5 heteroatoms. The zero-order valence-corrected chi connectivity index (χ0v) is 21.0. The van der Waals surface area contributed by atoms with Crippen LogP contribution in [0.5, 0.6) is 0 Å². The summed E-state index contributed by atoms with van der Waals surface area (Å²) in [6.45, 7) is 4.56. The summed E-state index contributed by atoms with van der Waals surface area (Å²) in [5.41, 5.74) is 6.47. The van der Waals surface area contributed by atoms with Gasteiger partial charge in [-0.3, -0.25) is 0 Å². The number of benzene rings is 2. The second-order valence-corrected chi connectivity index (χ2v) is 12.4. The predicted molar refractivity (Wildman–Crippen MR) is 130 cm³/mol. The molecule has 0 saturated carbocycles. The van der Waals surface area contributed by atoms with E-state index < -0.39 is 0 Å². The van der Waals surface area contributed by atoms with E-state index >= 15 is 0 Å². The summed E-state index contributed by atoms with van der Waals surface area (Å²) in [5, 5.41) is 0. The zero-order chi connectivity index (χ0) is 22.0. The third-order valence-electron chi connectivity index (χ3n) is 6.40. The summed E-state index contributed by atoms with van der Waals surface area (Å²) in [5.74, 6) is -0.220. The Morgan fingerprint density at radius 3 is 1.94 bits per heavy atom. The van der Waals surface area contributed by atoms with Crippen molar-refractivity contribution in [2.24, 2.45) is 0 Å². The van der Waals surface area contributed by atoms with Crippen LogP contribution in [-0.2, 0) is 5.41 Å². The van der Waals surface area contributed by atoms with E-state index in [0.717, 1.165) is 4.44 Å². The second-order valence-electron chi connectivity index (χ2n) is 8.59. The normalized spacial score (nSPS) is 16.1. The number of anilines is 3. The van der Waals surface area contributed by atoms with E-state index in [4.69, 9.17) is 0 Å². The quantitative estimate of drug-likeness (QED) is 0.192. The maximum absolute atomic E-state index is 12.7. The molecule has 2 aliphatic rings. The summed E-state index contributed by atoms with van der Waals surface area (Å²) in [6, 6.07) is 21.4. The van der Waals surface area contributed by atoms with Crippen LogP contribution < -0.4 is 4.90 Å². The number of fused-ring (bicyclic) bond motifs is 3. The Morgan fingerprint density at radius 1 is 0.781 bits per heavy atom. The van der Waals surface area contributed by atoms with Crippen LogP contribution in [0.4, 0.5) is 15.9 Å². The van der Waals surface area contributed by atoms with E-state index in [-0.39, 0.29) is 46.0 Å². The first-order chi connectivity index (χ1) is 15.5. The number of hydrogen-bond acceptors (Lipinski definition) is 3. The zero-order valence-electron chi connectivity index (χ0n) is 17.6. The number of carbonyl (C=O) groups excluding carboxylic acids is 2. The monoisotopic (exact) mass is 549 g/mol. The molecule has 0 saturated heterocycles. The Hall–Kier alpha value is -2.68. The third kappa shape index (κ3) is 2.79. The van der Waals surface area contributed by atoms with Gasteiger partial charge in [-0.2, -0.15) is 0 Å². The molecule has 0 spiro atoms. The average molecular weight is 547 g/mol. The molecule has 0 atom stereocenters. The molecule has 156 valence electrons. The fourth-order valence-electron chi connectivity index (χ4n) is 4.76. The Bertz CT molecular complexity index is 1370. The number of carbonyl (C=O) groups is 2.